The molecule has 1 aliphatic rings. The first-order chi connectivity index (χ1) is 17.1. The van der Waals surface area contributed by atoms with Gasteiger partial charge in [-0.05, 0) is 53.1 Å². The highest BCUT2D eigenvalue weighted by molar-refractivity contribution is 6.07. The van der Waals surface area contributed by atoms with E-state index in [1.54, 1.807) is 7.11 Å². The number of methoxy groups -OCH3 is 1. The molecule has 5 rings (SSSR count). The van der Waals surface area contributed by atoms with Crippen LogP contribution in [0.15, 0.2) is 114 Å². The fourth-order valence-electron chi connectivity index (χ4n) is 4.83. The molecule has 4 nitrogen and oxygen atoms in total. The van der Waals surface area contributed by atoms with Crippen LogP contribution in [0, 0.1) is 5.41 Å². The number of rotatable bonds is 7. The van der Waals surface area contributed by atoms with Crippen molar-refractivity contribution in [1.29, 1.82) is 0 Å². The molecule has 0 radical (unpaired) electrons. The van der Waals surface area contributed by atoms with Crippen molar-refractivity contribution in [1.82, 2.24) is 0 Å². The van der Waals surface area contributed by atoms with Gasteiger partial charge in [0.25, 0.3) is 0 Å². The molecule has 4 heteroatoms. The number of nitrogens with one attached hydrogen (secondary N) is 1. The molecule has 0 saturated carbocycles. The van der Waals surface area contributed by atoms with Crippen molar-refractivity contribution in [2.24, 2.45) is 10.5 Å². The molecule has 0 bridgehead atoms. The van der Waals surface area contributed by atoms with E-state index in [2.05, 4.69) is 109 Å². The molecule has 1 unspecified atom stereocenters. The minimum absolute atomic E-state index is 0.0992. The topological polar surface area (TPSA) is 36.9 Å². The van der Waals surface area contributed by atoms with E-state index in [9.17, 15) is 0 Å². The molecule has 176 valence electrons. The molecule has 1 aliphatic heterocycles. The van der Waals surface area contributed by atoms with Crippen LogP contribution in [0.4, 0.5) is 11.4 Å². The first-order valence-electron chi connectivity index (χ1n) is 12.0. The number of benzene rings is 4. The monoisotopic (exact) mass is 461 g/mol. The fourth-order valence-corrected chi connectivity index (χ4v) is 4.83. The lowest BCUT2D eigenvalue weighted by molar-refractivity contribution is 0.415. The Labute approximate surface area is 207 Å². The summed E-state index contributed by atoms with van der Waals surface area (Å²) >= 11 is 0. The summed E-state index contributed by atoms with van der Waals surface area (Å²) in [5.41, 5.74) is 6.74. The number of hydrazone groups is 1. The van der Waals surface area contributed by atoms with Crippen molar-refractivity contribution in [3.63, 3.8) is 0 Å². The van der Waals surface area contributed by atoms with Crippen LogP contribution in [0.1, 0.15) is 36.6 Å². The fraction of sp³-hybridized carbons (Fsp3) is 0.194. The Balaban J connectivity index is 1.42. The molecule has 0 fully saturated rings. The normalized spacial score (nSPS) is 16.6. The molecule has 4 aromatic rings. The molecule has 1 atom stereocenters. The number of ether oxygens (including phenoxy) is 1. The van der Waals surface area contributed by atoms with Crippen molar-refractivity contribution in [2.45, 2.75) is 26.4 Å². The molecule has 4 aromatic carbocycles. The van der Waals surface area contributed by atoms with Crippen molar-refractivity contribution in [3.8, 4) is 5.75 Å². The van der Waals surface area contributed by atoms with Gasteiger partial charge in [0.15, 0.2) is 0 Å². The van der Waals surface area contributed by atoms with Crippen molar-refractivity contribution in [2.75, 3.05) is 17.4 Å². The number of nitrogens with zero attached hydrogens (tertiary/aromatic N) is 2. The van der Waals surface area contributed by atoms with Crippen LogP contribution in [0.3, 0.4) is 0 Å². The lowest BCUT2D eigenvalue weighted by Gasteiger charge is -2.33. The molecular formula is C31H31N3O. The van der Waals surface area contributed by atoms with E-state index >= 15 is 0 Å². The van der Waals surface area contributed by atoms with E-state index < -0.39 is 0 Å². The molecule has 0 aliphatic carbocycles. The predicted molar refractivity (Wildman–Crippen MR) is 145 cm³/mol. The number of hydrogen-bond donors (Lipinski definition) is 1. The van der Waals surface area contributed by atoms with Gasteiger partial charge < -0.3 is 10.1 Å². The second kappa shape index (κ2) is 9.67. The first kappa shape index (κ1) is 22.7. The predicted octanol–water partition coefficient (Wildman–Crippen LogP) is 7.30. The molecule has 0 saturated heterocycles. The third-order valence-electron chi connectivity index (χ3n) is 6.70. The van der Waals surface area contributed by atoms with Crippen LogP contribution >= 0.6 is 0 Å². The molecule has 0 amide bonds. The van der Waals surface area contributed by atoms with E-state index in [4.69, 9.17) is 9.84 Å². The van der Waals surface area contributed by atoms with Crippen LogP contribution in [0.2, 0.25) is 0 Å². The number of anilines is 2. The second-order valence-corrected chi connectivity index (χ2v) is 9.44. The van der Waals surface area contributed by atoms with Crippen molar-refractivity contribution >= 4 is 17.1 Å². The highest BCUT2D eigenvalue weighted by Crippen LogP contribution is 2.48. The molecule has 1 N–H and O–H groups in total. The van der Waals surface area contributed by atoms with Gasteiger partial charge in [0, 0.05) is 17.6 Å². The summed E-state index contributed by atoms with van der Waals surface area (Å²) in [6.45, 7) is 5.34. The summed E-state index contributed by atoms with van der Waals surface area (Å²) in [6, 6.07) is 38.0. The molecular weight excluding hydrogens is 430 g/mol. The zero-order valence-corrected chi connectivity index (χ0v) is 20.5. The van der Waals surface area contributed by atoms with Gasteiger partial charge in [-0.2, -0.15) is 5.10 Å². The standard InChI is InChI=1S/C31H31N3O/c1-31(2)29(24-10-6-4-7-11-24)33-34(30(31)25-12-8-5-9-13-25)27-18-14-23(15-19-27)22-32-26-16-20-28(35-3)21-17-26/h4-21,30,32H,22H2,1-3H3. The Morgan fingerprint density at radius 1 is 0.800 bits per heavy atom. The smallest absolute Gasteiger partial charge is 0.119 e. The van der Waals surface area contributed by atoms with Crippen LogP contribution < -0.4 is 15.1 Å². The van der Waals surface area contributed by atoms with E-state index in [1.807, 2.05) is 24.3 Å². The zero-order chi connectivity index (χ0) is 24.3. The molecule has 0 aromatic heterocycles. The second-order valence-electron chi connectivity index (χ2n) is 9.44. The van der Waals surface area contributed by atoms with Gasteiger partial charge in [0.1, 0.15) is 5.75 Å². The van der Waals surface area contributed by atoms with Gasteiger partial charge in [-0.15, -0.1) is 0 Å². The minimum Gasteiger partial charge on any atom is -0.497 e. The average Bonchev–Trinajstić information content (AvgIpc) is 3.19. The molecule has 35 heavy (non-hydrogen) atoms. The minimum atomic E-state index is -0.169. The van der Waals surface area contributed by atoms with E-state index in [-0.39, 0.29) is 11.5 Å². The van der Waals surface area contributed by atoms with E-state index in [0.717, 1.165) is 29.4 Å². The Morgan fingerprint density at radius 2 is 1.43 bits per heavy atom. The lowest BCUT2D eigenvalue weighted by atomic mass is 9.75. The first-order valence-corrected chi connectivity index (χ1v) is 12.0. The summed E-state index contributed by atoms with van der Waals surface area (Å²) in [6.07, 6.45) is 0. The van der Waals surface area contributed by atoms with Gasteiger partial charge in [0.2, 0.25) is 0 Å². The summed E-state index contributed by atoms with van der Waals surface area (Å²) in [5, 5.41) is 10.9. The third-order valence-corrected chi connectivity index (χ3v) is 6.70. The summed E-state index contributed by atoms with van der Waals surface area (Å²) < 4.78 is 5.24. The molecule has 1 heterocycles. The average molecular weight is 462 g/mol. The zero-order valence-electron chi connectivity index (χ0n) is 20.5. The maximum Gasteiger partial charge on any atom is 0.119 e. The molecule has 0 spiro atoms. The summed E-state index contributed by atoms with van der Waals surface area (Å²) in [7, 11) is 1.68. The van der Waals surface area contributed by atoms with Gasteiger partial charge in [-0.1, -0.05) is 86.6 Å². The summed E-state index contributed by atoms with van der Waals surface area (Å²) in [5.74, 6) is 0.858. The lowest BCUT2D eigenvalue weighted by Crippen LogP contribution is -2.32. The SMILES string of the molecule is COc1ccc(NCc2ccc(N3N=C(c4ccccc4)C(C)(C)C3c3ccccc3)cc2)cc1. The highest BCUT2D eigenvalue weighted by Gasteiger charge is 2.46. The van der Waals surface area contributed by atoms with Gasteiger partial charge in [-0.25, -0.2) is 0 Å². The quantitative estimate of drug-likeness (QED) is 0.314. The van der Waals surface area contributed by atoms with Crippen LogP contribution in [0.25, 0.3) is 0 Å². The Kier molecular flexibility index (Phi) is 6.28. The van der Waals surface area contributed by atoms with Crippen LogP contribution in [-0.2, 0) is 6.54 Å². The summed E-state index contributed by atoms with van der Waals surface area (Å²) in [4.78, 5) is 0. The van der Waals surface area contributed by atoms with Gasteiger partial charge in [0.05, 0.1) is 24.6 Å². The third kappa shape index (κ3) is 4.65. The van der Waals surface area contributed by atoms with Crippen LogP contribution in [-0.4, -0.2) is 12.8 Å². The Hall–Kier alpha value is -4.05. The van der Waals surface area contributed by atoms with Crippen LogP contribution in [0.5, 0.6) is 5.75 Å². The van der Waals surface area contributed by atoms with Gasteiger partial charge in [-0.3, -0.25) is 5.01 Å². The maximum atomic E-state index is 5.24. The van der Waals surface area contributed by atoms with Gasteiger partial charge >= 0.3 is 0 Å². The van der Waals surface area contributed by atoms with E-state index in [1.165, 1.54) is 16.7 Å². The maximum absolute atomic E-state index is 5.24. The van der Waals surface area contributed by atoms with Crippen molar-refractivity contribution in [3.05, 3.63) is 126 Å². The Morgan fingerprint density at radius 3 is 2.06 bits per heavy atom. The van der Waals surface area contributed by atoms with E-state index in [0.29, 0.717) is 0 Å². The largest absolute Gasteiger partial charge is 0.497 e. The Bertz CT molecular complexity index is 1280. The highest BCUT2D eigenvalue weighted by atomic mass is 16.5. The number of hydrogen-bond acceptors (Lipinski definition) is 4. The van der Waals surface area contributed by atoms with Crippen molar-refractivity contribution < 1.29 is 4.74 Å².